The van der Waals surface area contributed by atoms with Crippen LogP contribution in [-0.2, 0) is 9.53 Å². The average Bonchev–Trinajstić information content (AvgIpc) is 2.51. The molecular formula is C10H9BrN2O2. The lowest BCUT2D eigenvalue weighted by atomic mass is 10.1. The molecule has 1 aromatic heterocycles. The van der Waals surface area contributed by atoms with Gasteiger partial charge in [0.1, 0.15) is 5.82 Å². The maximum atomic E-state index is 11.5. The summed E-state index contributed by atoms with van der Waals surface area (Å²) in [5, 5.41) is 2.66. The number of nitrogens with one attached hydrogen (secondary N) is 1. The minimum atomic E-state index is -0.177. The fraction of sp³-hybridized carbons (Fsp3) is 0.200. The number of rotatable bonds is 2. The van der Waals surface area contributed by atoms with Crippen LogP contribution in [0.15, 0.2) is 23.0 Å². The zero-order chi connectivity index (χ0) is 10.8. The number of anilines is 1. The molecule has 0 fully saturated rings. The van der Waals surface area contributed by atoms with Crippen LogP contribution in [0.4, 0.5) is 5.82 Å². The molecule has 1 N–H and O–H groups in total. The largest absolute Gasteiger partial charge is 0.501 e. The van der Waals surface area contributed by atoms with Crippen LogP contribution in [0.5, 0.6) is 0 Å². The Balaban J connectivity index is 2.44. The van der Waals surface area contributed by atoms with Gasteiger partial charge in [-0.15, -0.1) is 0 Å². The number of ether oxygens (including phenoxy) is 1. The van der Waals surface area contributed by atoms with E-state index < -0.39 is 0 Å². The summed E-state index contributed by atoms with van der Waals surface area (Å²) in [4.78, 5) is 15.6. The van der Waals surface area contributed by atoms with E-state index in [9.17, 15) is 4.79 Å². The molecule has 0 unspecified atom stereocenters. The molecule has 0 saturated heterocycles. The van der Waals surface area contributed by atoms with Crippen molar-refractivity contribution in [2.45, 2.75) is 6.92 Å². The minimum Gasteiger partial charge on any atom is -0.501 e. The van der Waals surface area contributed by atoms with Gasteiger partial charge in [-0.2, -0.15) is 0 Å². The lowest BCUT2D eigenvalue weighted by Gasteiger charge is -1.98. The van der Waals surface area contributed by atoms with Crippen LogP contribution >= 0.6 is 15.9 Å². The first-order valence-corrected chi connectivity index (χ1v) is 5.30. The van der Waals surface area contributed by atoms with Gasteiger partial charge in [-0.25, -0.2) is 4.98 Å². The molecule has 5 heteroatoms. The molecule has 0 atom stereocenters. The normalized spacial score (nSPS) is 16.4. The van der Waals surface area contributed by atoms with Gasteiger partial charge in [-0.1, -0.05) is 0 Å². The number of amides is 1. The summed E-state index contributed by atoms with van der Waals surface area (Å²) < 4.78 is 5.95. The summed E-state index contributed by atoms with van der Waals surface area (Å²) in [6.45, 7) is 2.40. The minimum absolute atomic E-state index is 0.177. The molecule has 0 saturated carbocycles. The van der Waals surface area contributed by atoms with Crippen LogP contribution in [0.25, 0.3) is 5.57 Å². The van der Waals surface area contributed by atoms with E-state index in [0.29, 0.717) is 18.0 Å². The van der Waals surface area contributed by atoms with Gasteiger partial charge < -0.3 is 10.1 Å². The van der Waals surface area contributed by atoms with Gasteiger partial charge in [0.05, 0.1) is 18.4 Å². The molecular weight excluding hydrogens is 260 g/mol. The number of hydrogen-bond donors (Lipinski definition) is 1. The summed E-state index contributed by atoms with van der Waals surface area (Å²) >= 11 is 3.31. The number of nitrogens with zero attached hydrogens (tertiary/aromatic N) is 1. The third-order valence-electron chi connectivity index (χ3n) is 1.99. The molecule has 0 bridgehead atoms. The maximum Gasteiger partial charge on any atom is 0.260 e. The Labute approximate surface area is 95.5 Å². The Kier molecular flexibility index (Phi) is 2.73. The number of pyridine rings is 1. The van der Waals surface area contributed by atoms with E-state index in [0.717, 1.165) is 10.0 Å². The number of halogens is 1. The molecule has 0 aromatic carbocycles. The molecule has 1 aliphatic heterocycles. The van der Waals surface area contributed by atoms with Crippen molar-refractivity contribution in [2.24, 2.45) is 0 Å². The van der Waals surface area contributed by atoms with Crippen molar-refractivity contribution in [3.8, 4) is 0 Å². The first-order valence-electron chi connectivity index (χ1n) is 4.51. The first kappa shape index (κ1) is 10.2. The molecule has 2 heterocycles. The summed E-state index contributed by atoms with van der Waals surface area (Å²) in [6, 6.07) is 1.84. The molecule has 1 aliphatic rings. The topological polar surface area (TPSA) is 51.2 Å². The molecule has 15 heavy (non-hydrogen) atoms. The first-order chi connectivity index (χ1) is 7.22. The summed E-state index contributed by atoms with van der Waals surface area (Å²) in [5.74, 6) is 0.401. The number of fused-ring (bicyclic) bond motifs is 1. The number of aromatic nitrogens is 1. The van der Waals surface area contributed by atoms with Gasteiger partial charge in [0.25, 0.3) is 5.91 Å². The fourth-order valence-corrected chi connectivity index (χ4v) is 1.66. The van der Waals surface area contributed by atoms with Crippen LogP contribution in [0.1, 0.15) is 12.5 Å². The third kappa shape index (κ3) is 1.87. The Bertz CT molecular complexity index is 443. The van der Waals surface area contributed by atoms with Crippen LogP contribution in [-0.4, -0.2) is 17.5 Å². The van der Waals surface area contributed by atoms with Crippen LogP contribution in [0.2, 0.25) is 0 Å². The van der Waals surface area contributed by atoms with Crippen LogP contribution in [0, 0.1) is 0 Å². The van der Waals surface area contributed by atoms with Gasteiger partial charge in [0.2, 0.25) is 0 Å². The molecule has 0 radical (unpaired) electrons. The predicted molar refractivity (Wildman–Crippen MR) is 60.2 cm³/mol. The molecule has 1 aromatic rings. The van der Waals surface area contributed by atoms with Crippen molar-refractivity contribution in [1.29, 1.82) is 0 Å². The lowest BCUT2D eigenvalue weighted by Crippen LogP contribution is -2.04. The Morgan fingerprint density at radius 3 is 3.20 bits per heavy atom. The van der Waals surface area contributed by atoms with E-state index in [4.69, 9.17) is 4.74 Å². The molecule has 4 nitrogen and oxygen atoms in total. The molecule has 0 aliphatic carbocycles. The quantitative estimate of drug-likeness (QED) is 0.661. The van der Waals surface area contributed by atoms with E-state index in [1.165, 1.54) is 6.26 Å². The standard InChI is InChI=1S/C10H9BrN2O2/c1-2-15-5-8-7-3-6(11)4-12-9(7)13-10(8)14/h3-5H,2H2,1H3,(H,12,13,14)/b8-5-. The zero-order valence-corrected chi connectivity index (χ0v) is 9.67. The van der Waals surface area contributed by atoms with Gasteiger partial charge in [0.15, 0.2) is 0 Å². The molecule has 78 valence electrons. The van der Waals surface area contributed by atoms with Crippen LogP contribution in [0.3, 0.4) is 0 Å². The summed E-state index contributed by atoms with van der Waals surface area (Å²) in [6.07, 6.45) is 3.11. The summed E-state index contributed by atoms with van der Waals surface area (Å²) in [7, 11) is 0. The highest BCUT2D eigenvalue weighted by atomic mass is 79.9. The van der Waals surface area contributed by atoms with E-state index in [1.54, 1.807) is 6.20 Å². The number of carbonyl (C=O) groups is 1. The third-order valence-corrected chi connectivity index (χ3v) is 2.42. The highest BCUT2D eigenvalue weighted by Gasteiger charge is 2.25. The maximum absolute atomic E-state index is 11.5. The predicted octanol–water partition coefficient (Wildman–Crippen LogP) is 2.17. The van der Waals surface area contributed by atoms with Gasteiger partial charge in [-0.3, -0.25) is 4.79 Å². The van der Waals surface area contributed by atoms with Crippen molar-refractivity contribution < 1.29 is 9.53 Å². The number of carbonyl (C=O) groups excluding carboxylic acids is 1. The Hall–Kier alpha value is -1.36. The SMILES string of the molecule is CCO/C=C1\C(=O)Nc2ncc(Br)cc21. The van der Waals surface area contributed by atoms with Crippen molar-refractivity contribution in [2.75, 3.05) is 11.9 Å². The van der Waals surface area contributed by atoms with E-state index in [2.05, 4.69) is 26.2 Å². The van der Waals surface area contributed by atoms with Crippen molar-refractivity contribution in [3.05, 3.63) is 28.6 Å². The molecule has 2 rings (SSSR count). The van der Waals surface area contributed by atoms with Gasteiger partial charge >= 0.3 is 0 Å². The Morgan fingerprint density at radius 2 is 2.47 bits per heavy atom. The summed E-state index contributed by atoms with van der Waals surface area (Å²) in [5.41, 5.74) is 1.28. The van der Waals surface area contributed by atoms with Crippen molar-refractivity contribution in [3.63, 3.8) is 0 Å². The van der Waals surface area contributed by atoms with Gasteiger partial charge in [0, 0.05) is 16.2 Å². The second-order valence-corrected chi connectivity index (χ2v) is 3.91. The second kappa shape index (κ2) is 4.02. The second-order valence-electron chi connectivity index (χ2n) is 2.99. The highest BCUT2D eigenvalue weighted by Crippen LogP contribution is 2.31. The smallest absolute Gasteiger partial charge is 0.260 e. The zero-order valence-electron chi connectivity index (χ0n) is 8.08. The van der Waals surface area contributed by atoms with E-state index in [1.807, 2.05) is 13.0 Å². The highest BCUT2D eigenvalue weighted by molar-refractivity contribution is 9.10. The molecule has 0 spiro atoms. The molecule has 1 amide bonds. The van der Waals surface area contributed by atoms with Crippen molar-refractivity contribution >= 4 is 33.2 Å². The monoisotopic (exact) mass is 268 g/mol. The van der Waals surface area contributed by atoms with E-state index >= 15 is 0 Å². The lowest BCUT2D eigenvalue weighted by molar-refractivity contribution is -0.110. The van der Waals surface area contributed by atoms with Crippen LogP contribution < -0.4 is 5.32 Å². The number of hydrogen-bond acceptors (Lipinski definition) is 3. The fourth-order valence-electron chi connectivity index (χ4n) is 1.33. The van der Waals surface area contributed by atoms with Gasteiger partial charge in [-0.05, 0) is 28.9 Å². The average molecular weight is 269 g/mol. The van der Waals surface area contributed by atoms with E-state index in [-0.39, 0.29) is 5.91 Å². The van der Waals surface area contributed by atoms with Crippen molar-refractivity contribution in [1.82, 2.24) is 4.98 Å². The Morgan fingerprint density at radius 1 is 1.67 bits per heavy atom.